The molecular weight excluding hydrogens is 256 g/mol. The summed E-state index contributed by atoms with van der Waals surface area (Å²) in [5, 5.41) is 9.69. The van der Waals surface area contributed by atoms with Crippen LogP contribution in [0.5, 0.6) is 0 Å². The van der Waals surface area contributed by atoms with E-state index in [1.165, 1.54) is 0 Å². The van der Waals surface area contributed by atoms with E-state index in [0.717, 1.165) is 6.42 Å². The number of benzene rings is 1. The van der Waals surface area contributed by atoms with Crippen LogP contribution in [-0.4, -0.2) is 30.1 Å². The van der Waals surface area contributed by atoms with Crippen molar-refractivity contribution in [1.82, 2.24) is 0 Å². The molecule has 1 aliphatic heterocycles. The van der Waals surface area contributed by atoms with Gasteiger partial charge in [-0.05, 0) is 24.5 Å². The van der Waals surface area contributed by atoms with Gasteiger partial charge in [-0.3, -0.25) is 0 Å². The molecule has 0 aliphatic carbocycles. The Labute approximate surface area is 119 Å². The van der Waals surface area contributed by atoms with Crippen LogP contribution in [0.4, 0.5) is 0 Å². The normalized spacial score (nSPS) is 33.1. The maximum absolute atomic E-state index is 12.1. The molecule has 0 amide bonds. The molecule has 2 rings (SSSR count). The van der Waals surface area contributed by atoms with Gasteiger partial charge in [-0.15, -0.1) is 0 Å². The Kier molecular flexibility index (Phi) is 4.45. The molecule has 1 heterocycles. The van der Waals surface area contributed by atoms with E-state index in [1.54, 1.807) is 24.3 Å². The minimum atomic E-state index is -0.708. The fraction of sp³-hybridized carbons (Fsp3) is 0.562. The van der Waals surface area contributed by atoms with Gasteiger partial charge in [0.2, 0.25) is 6.29 Å². The monoisotopic (exact) mass is 278 g/mol. The molecular formula is C16H22O4. The van der Waals surface area contributed by atoms with Crippen LogP contribution >= 0.6 is 0 Å². The third kappa shape index (κ3) is 2.58. The molecule has 20 heavy (non-hydrogen) atoms. The molecule has 1 unspecified atom stereocenters. The summed E-state index contributed by atoms with van der Waals surface area (Å²) in [5.41, 5.74) is -0.0746. The Morgan fingerprint density at radius 2 is 2.05 bits per heavy atom. The van der Waals surface area contributed by atoms with Crippen molar-refractivity contribution >= 4 is 5.97 Å². The zero-order valence-corrected chi connectivity index (χ0v) is 12.2. The summed E-state index contributed by atoms with van der Waals surface area (Å²) < 4.78 is 11.3. The first-order valence-corrected chi connectivity index (χ1v) is 7.05. The zero-order valence-electron chi connectivity index (χ0n) is 12.2. The Balaban J connectivity index is 2.14. The van der Waals surface area contributed by atoms with Gasteiger partial charge in [0.1, 0.15) is 0 Å². The second-order valence-corrected chi connectivity index (χ2v) is 5.64. The first-order valence-electron chi connectivity index (χ1n) is 7.05. The van der Waals surface area contributed by atoms with Gasteiger partial charge in [0.25, 0.3) is 0 Å². The molecule has 4 heteroatoms. The van der Waals surface area contributed by atoms with E-state index in [0.29, 0.717) is 5.56 Å². The minimum Gasteiger partial charge on any atom is -0.431 e. The van der Waals surface area contributed by atoms with E-state index in [2.05, 4.69) is 0 Å². The van der Waals surface area contributed by atoms with Crippen molar-refractivity contribution in [3.05, 3.63) is 35.9 Å². The van der Waals surface area contributed by atoms with E-state index < -0.39 is 17.7 Å². The third-order valence-electron chi connectivity index (χ3n) is 4.40. The van der Waals surface area contributed by atoms with Crippen molar-refractivity contribution in [3.8, 4) is 0 Å². The molecule has 110 valence electrons. The largest absolute Gasteiger partial charge is 0.431 e. The highest BCUT2D eigenvalue weighted by Gasteiger charge is 2.52. The van der Waals surface area contributed by atoms with Crippen LogP contribution in [0.15, 0.2) is 30.3 Å². The molecule has 1 aliphatic rings. The molecule has 1 saturated heterocycles. The number of hydrogen-bond acceptors (Lipinski definition) is 4. The van der Waals surface area contributed by atoms with Crippen LogP contribution in [0.1, 0.15) is 37.6 Å². The molecule has 1 aromatic rings. The third-order valence-corrected chi connectivity index (χ3v) is 4.40. The molecule has 0 spiro atoms. The maximum Gasteiger partial charge on any atom is 0.340 e. The maximum atomic E-state index is 12.1. The highest BCUT2D eigenvalue weighted by atomic mass is 16.7. The average Bonchev–Trinajstić information content (AvgIpc) is 2.73. The summed E-state index contributed by atoms with van der Waals surface area (Å²) in [6.07, 6.45) is 0.122. The molecule has 4 nitrogen and oxygen atoms in total. The molecule has 0 bridgehead atoms. The summed E-state index contributed by atoms with van der Waals surface area (Å²) in [4.78, 5) is 12.1. The molecule has 4 atom stereocenters. The van der Waals surface area contributed by atoms with E-state index >= 15 is 0 Å². The standard InChI is InChI=1S/C16H22O4/c1-4-13-11(2)16(3,10-17)15(19-13)20-14(18)12-8-6-5-7-9-12/h5-9,11,13,15,17H,4,10H2,1-3H3/t11-,13-,15?,16-/m1/s1. The quantitative estimate of drug-likeness (QED) is 0.860. The van der Waals surface area contributed by atoms with Crippen molar-refractivity contribution in [2.75, 3.05) is 6.61 Å². The van der Waals surface area contributed by atoms with Gasteiger partial charge >= 0.3 is 5.97 Å². The number of carbonyl (C=O) groups is 1. The Hall–Kier alpha value is -1.39. The van der Waals surface area contributed by atoms with Crippen molar-refractivity contribution in [1.29, 1.82) is 0 Å². The predicted octanol–water partition coefficient (Wildman–Crippen LogP) is 2.61. The number of aliphatic hydroxyl groups excluding tert-OH is 1. The van der Waals surface area contributed by atoms with Gasteiger partial charge in [0, 0.05) is 0 Å². The van der Waals surface area contributed by atoms with Crippen LogP contribution in [0, 0.1) is 11.3 Å². The number of ether oxygens (including phenoxy) is 2. The van der Waals surface area contributed by atoms with Gasteiger partial charge in [-0.25, -0.2) is 4.79 Å². The van der Waals surface area contributed by atoms with Gasteiger partial charge in [-0.2, -0.15) is 0 Å². The number of rotatable bonds is 4. The first-order chi connectivity index (χ1) is 9.52. The van der Waals surface area contributed by atoms with Crippen LogP contribution < -0.4 is 0 Å². The van der Waals surface area contributed by atoms with E-state index in [4.69, 9.17) is 9.47 Å². The van der Waals surface area contributed by atoms with Gasteiger partial charge in [0.05, 0.1) is 23.7 Å². The van der Waals surface area contributed by atoms with Gasteiger partial charge in [-0.1, -0.05) is 39.0 Å². The molecule has 1 fully saturated rings. The van der Waals surface area contributed by atoms with Crippen LogP contribution in [0.25, 0.3) is 0 Å². The number of aliphatic hydroxyl groups is 1. The van der Waals surface area contributed by atoms with Gasteiger partial charge < -0.3 is 14.6 Å². The summed E-state index contributed by atoms with van der Waals surface area (Å²) in [7, 11) is 0. The highest BCUT2D eigenvalue weighted by Crippen LogP contribution is 2.44. The van der Waals surface area contributed by atoms with Crippen molar-refractivity contribution in [2.24, 2.45) is 11.3 Å². The van der Waals surface area contributed by atoms with Gasteiger partial charge in [0.15, 0.2) is 0 Å². The summed E-state index contributed by atoms with van der Waals surface area (Å²) in [5.74, 6) is -0.287. The van der Waals surface area contributed by atoms with E-state index in [9.17, 15) is 9.90 Å². The average molecular weight is 278 g/mol. The lowest BCUT2D eigenvalue weighted by Gasteiger charge is -2.30. The van der Waals surface area contributed by atoms with Crippen molar-refractivity contribution in [3.63, 3.8) is 0 Å². The molecule has 0 radical (unpaired) electrons. The Bertz CT molecular complexity index is 459. The fourth-order valence-corrected chi connectivity index (χ4v) is 2.64. The van der Waals surface area contributed by atoms with Crippen LogP contribution in [-0.2, 0) is 9.47 Å². The Morgan fingerprint density at radius 1 is 1.40 bits per heavy atom. The number of esters is 1. The Morgan fingerprint density at radius 3 is 2.60 bits per heavy atom. The van der Waals surface area contributed by atoms with E-state index in [-0.39, 0.29) is 18.6 Å². The molecule has 1 N–H and O–H groups in total. The van der Waals surface area contributed by atoms with E-state index in [1.807, 2.05) is 26.8 Å². The predicted molar refractivity (Wildman–Crippen MR) is 75.2 cm³/mol. The fourth-order valence-electron chi connectivity index (χ4n) is 2.64. The topological polar surface area (TPSA) is 55.8 Å². The lowest BCUT2D eigenvalue weighted by Crippen LogP contribution is -2.39. The molecule has 0 saturated carbocycles. The lowest BCUT2D eigenvalue weighted by atomic mass is 9.77. The second-order valence-electron chi connectivity index (χ2n) is 5.64. The smallest absolute Gasteiger partial charge is 0.340 e. The highest BCUT2D eigenvalue weighted by molar-refractivity contribution is 5.89. The first kappa shape index (κ1) is 15.0. The summed E-state index contributed by atoms with van der Waals surface area (Å²) in [6.45, 7) is 5.88. The number of hydrogen-bond donors (Lipinski definition) is 1. The zero-order chi connectivity index (χ0) is 14.8. The van der Waals surface area contributed by atoms with Crippen molar-refractivity contribution in [2.45, 2.75) is 39.6 Å². The minimum absolute atomic E-state index is 0.000670. The van der Waals surface area contributed by atoms with Crippen LogP contribution in [0.3, 0.4) is 0 Å². The lowest BCUT2D eigenvalue weighted by molar-refractivity contribution is -0.147. The van der Waals surface area contributed by atoms with Crippen molar-refractivity contribution < 1.29 is 19.4 Å². The summed E-state index contributed by atoms with van der Waals surface area (Å²) >= 11 is 0. The van der Waals surface area contributed by atoms with Crippen LogP contribution in [0.2, 0.25) is 0 Å². The number of carbonyl (C=O) groups excluding carboxylic acids is 1. The second kappa shape index (κ2) is 5.94. The molecule has 1 aromatic carbocycles. The SMILES string of the molecule is CC[C@H]1OC(OC(=O)c2ccccc2)[C@](C)(CO)[C@@H]1C. The summed E-state index contributed by atoms with van der Waals surface area (Å²) in [6, 6.07) is 8.82. The molecule has 0 aromatic heterocycles.